The van der Waals surface area contributed by atoms with E-state index >= 15 is 0 Å². The number of carbonyl (C=O) groups is 2. The third-order valence-electron chi connectivity index (χ3n) is 7.23. The summed E-state index contributed by atoms with van der Waals surface area (Å²) in [5, 5.41) is 0. The summed E-state index contributed by atoms with van der Waals surface area (Å²) in [5.74, 6) is 0.259. The van der Waals surface area contributed by atoms with Gasteiger partial charge in [-0.1, -0.05) is 48.5 Å². The van der Waals surface area contributed by atoms with E-state index in [2.05, 4.69) is 9.97 Å². The molecule has 6 aromatic rings. The molecule has 0 N–H and O–H groups in total. The molecule has 196 valence electrons. The third kappa shape index (κ3) is 4.01. The van der Waals surface area contributed by atoms with Crippen molar-refractivity contribution in [1.29, 1.82) is 0 Å². The van der Waals surface area contributed by atoms with Crippen molar-refractivity contribution in [3.05, 3.63) is 120 Å². The van der Waals surface area contributed by atoms with Crippen molar-refractivity contribution in [2.45, 2.75) is 13.1 Å². The summed E-state index contributed by atoms with van der Waals surface area (Å²) in [6, 6.07) is 26.0. The molecule has 0 amide bonds. The Hall–Kier alpha value is -5.24. The number of ether oxygens (including phenoxy) is 2. The Balaban J connectivity index is 1.12. The largest absolute Gasteiger partial charge is 0.491 e. The maximum absolute atomic E-state index is 13.9. The number of hydrogen-bond donors (Lipinski definition) is 0. The van der Waals surface area contributed by atoms with Gasteiger partial charge in [-0.2, -0.15) is 0 Å². The lowest BCUT2D eigenvalue weighted by atomic mass is 9.83. The summed E-state index contributed by atoms with van der Waals surface area (Å²) < 4.78 is 16.2. The van der Waals surface area contributed by atoms with Gasteiger partial charge in [0.1, 0.15) is 24.7 Å². The zero-order valence-electron chi connectivity index (χ0n) is 21.5. The van der Waals surface area contributed by atoms with Gasteiger partial charge >= 0.3 is 0 Å². The van der Waals surface area contributed by atoms with E-state index < -0.39 is 0 Å². The molecule has 2 aromatic heterocycles. The lowest BCUT2D eigenvalue weighted by molar-refractivity contribution is 0.0971. The molecule has 0 unspecified atom stereocenters. The molecule has 1 aliphatic carbocycles. The second-order valence-corrected chi connectivity index (χ2v) is 9.57. The van der Waals surface area contributed by atoms with E-state index in [0.717, 1.165) is 22.1 Å². The van der Waals surface area contributed by atoms with E-state index in [4.69, 9.17) is 9.47 Å². The highest BCUT2D eigenvalue weighted by molar-refractivity contribution is 6.30. The molecule has 0 fully saturated rings. The van der Waals surface area contributed by atoms with Crippen molar-refractivity contribution >= 4 is 33.6 Å². The number of hydrogen-bond acceptors (Lipinski definition) is 6. The van der Waals surface area contributed by atoms with Crippen LogP contribution in [0.4, 0.5) is 0 Å². The topological polar surface area (TPSA) is 88.2 Å². The van der Waals surface area contributed by atoms with E-state index in [0.29, 0.717) is 48.9 Å². The van der Waals surface area contributed by atoms with E-state index in [1.807, 2.05) is 57.7 Å². The Morgan fingerprint density at radius 2 is 1.02 bits per heavy atom. The van der Waals surface area contributed by atoms with Crippen LogP contribution in [0, 0.1) is 0 Å². The molecule has 7 rings (SSSR count). The van der Waals surface area contributed by atoms with E-state index in [1.165, 1.54) is 0 Å². The number of aromatic nitrogens is 4. The minimum Gasteiger partial charge on any atom is -0.491 e. The van der Waals surface area contributed by atoms with Gasteiger partial charge in [0.25, 0.3) is 0 Å². The number of benzene rings is 4. The Labute approximate surface area is 229 Å². The van der Waals surface area contributed by atoms with Crippen LogP contribution in [0.25, 0.3) is 22.1 Å². The molecule has 4 aromatic carbocycles. The predicted octanol–water partition coefficient (Wildman–Crippen LogP) is 5.32. The molecule has 0 saturated carbocycles. The Kier molecular flexibility index (Phi) is 5.85. The van der Waals surface area contributed by atoms with Gasteiger partial charge in [-0.15, -0.1) is 0 Å². The molecule has 1 aliphatic rings. The van der Waals surface area contributed by atoms with Gasteiger partial charge in [0.2, 0.25) is 5.78 Å². The van der Waals surface area contributed by atoms with Gasteiger partial charge in [0.05, 0.1) is 58.9 Å². The Morgan fingerprint density at radius 1 is 0.550 bits per heavy atom. The molecular weight excluding hydrogens is 504 g/mol. The minimum absolute atomic E-state index is 0.221. The van der Waals surface area contributed by atoms with Crippen LogP contribution in [-0.4, -0.2) is 43.9 Å². The molecule has 2 heterocycles. The van der Waals surface area contributed by atoms with Gasteiger partial charge < -0.3 is 18.6 Å². The molecule has 0 spiro atoms. The van der Waals surface area contributed by atoms with Gasteiger partial charge in [0, 0.05) is 11.1 Å². The van der Waals surface area contributed by atoms with Gasteiger partial charge in [-0.25, -0.2) is 9.97 Å². The highest BCUT2D eigenvalue weighted by atomic mass is 16.5. The fraction of sp³-hybridized carbons (Fsp3) is 0.125. The number of imidazole rings is 2. The molecule has 8 nitrogen and oxygen atoms in total. The van der Waals surface area contributed by atoms with Crippen LogP contribution in [0.5, 0.6) is 11.5 Å². The molecule has 0 radical (unpaired) electrons. The number of rotatable bonds is 8. The van der Waals surface area contributed by atoms with Crippen molar-refractivity contribution < 1.29 is 19.1 Å². The second-order valence-electron chi connectivity index (χ2n) is 9.57. The van der Waals surface area contributed by atoms with Crippen LogP contribution < -0.4 is 9.47 Å². The van der Waals surface area contributed by atoms with Crippen molar-refractivity contribution in [3.8, 4) is 11.5 Å². The first-order chi connectivity index (χ1) is 19.7. The zero-order chi connectivity index (χ0) is 27.1. The maximum atomic E-state index is 13.9. The summed E-state index contributed by atoms with van der Waals surface area (Å²) in [4.78, 5) is 36.2. The Morgan fingerprint density at radius 3 is 1.52 bits per heavy atom. The highest BCUT2D eigenvalue weighted by Crippen LogP contribution is 2.37. The summed E-state index contributed by atoms with van der Waals surface area (Å²) in [6.07, 6.45) is 3.55. The van der Waals surface area contributed by atoms with Gasteiger partial charge in [-0.3, -0.25) is 9.59 Å². The van der Waals surface area contributed by atoms with Crippen LogP contribution in [-0.2, 0) is 13.1 Å². The summed E-state index contributed by atoms with van der Waals surface area (Å²) in [5.41, 5.74) is 5.05. The fourth-order valence-electron chi connectivity index (χ4n) is 5.30. The van der Waals surface area contributed by atoms with Crippen LogP contribution in [0.3, 0.4) is 0 Å². The molecule has 0 bridgehead atoms. The molecule has 0 saturated heterocycles. The fourth-order valence-corrected chi connectivity index (χ4v) is 5.30. The number of carbonyl (C=O) groups excluding carboxylic acids is 2. The predicted molar refractivity (Wildman–Crippen MR) is 150 cm³/mol. The van der Waals surface area contributed by atoms with Gasteiger partial charge in [-0.05, 0) is 36.4 Å². The number of nitrogens with zero attached hydrogens (tertiary/aromatic N) is 4. The average molecular weight is 529 g/mol. The Bertz CT molecular complexity index is 1780. The van der Waals surface area contributed by atoms with Crippen molar-refractivity contribution in [2.24, 2.45) is 0 Å². The van der Waals surface area contributed by atoms with Crippen LogP contribution in [0.1, 0.15) is 31.8 Å². The van der Waals surface area contributed by atoms with E-state index in [1.54, 1.807) is 49.1 Å². The minimum atomic E-state index is -0.281. The van der Waals surface area contributed by atoms with Crippen molar-refractivity contribution in [2.75, 3.05) is 13.2 Å². The first-order valence-electron chi connectivity index (χ1n) is 13.1. The standard InChI is InChI=1S/C32H24N4O4/c37-31-21-7-5-13-27(39-17-15-35-19-33-23-9-1-3-11-25(23)35)29(21)32(38)30-22(31)8-6-14-28(30)40-18-16-36-20-34-24-10-2-4-12-26(24)36/h1-14,19-20H,15-18H2. The van der Waals surface area contributed by atoms with Crippen molar-refractivity contribution in [1.82, 2.24) is 19.1 Å². The summed E-state index contributed by atoms with van der Waals surface area (Å²) >= 11 is 0. The van der Waals surface area contributed by atoms with Crippen molar-refractivity contribution in [3.63, 3.8) is 0 Å². The average Bonchev–Trinajstić information content (AvgIpc) is 3.60. The first kappa shape index (κ1) is 23.8. The SMILES string of the molecule is O=C1c2cccc(OCCn3cnc4ccccc43)c2C(=O)c2c(OCCn3cnc4ccccc43)cccc21. The molecule has 40 heavy (non-hydrogen) atoms. The highest BCUT2D eigenvalue weighted by Gasteiger charge is 2.34. The normalized spacial score (nSPS) is 12.5. The monoisotopic (exact) mass is 528 g/mol. The van der Waals surface area contributed by atoms with Crippen LogP contribution >= 0.6 is 0 Å². The smallest absolute Gasteiger partial charge is 0.201 e. The molecule has 8 heteroatoms. The number of fused-ring (bicyclic) bond motifs is 4. The first-order valence-corrected chi connectivity index (χ1v) is 13.1. The lowest BCUT2D eigenvalue weighted by Crippen LogP contribution is -2.23. The second kappa shape index (κ2) is 9.81. The molecular formula is C32H24N4O4. The van der Waals surface area contributed by atoms with E-state index in [9.17, 15) is 9.59 Å². The lowest BCUT2D eigenvalue weighted by Gasteiger charge is -2.22. The maximum Gasteiger partial charge on any atom is 0.201 e. The van der Waals surface area contributed by atoms with Gasteiger partial charge in [0.15, 0.2) is 5.78 Å². The number of para-hydroxylation sites is 4. The number of ketones is 2. The zero-order valence-corrected chi connectivity index (χ0v) is 21.5. The summed E-state index contributed by atoms with van der Waals surface area (Å²) in [6.45, 7) is 1.70. The molecule has 0 aliphatic heterocycles. The molecule has 0 atom stereocenters. The quantitative estimate of drug-likeness (QED) is 0.265. The summed E-state index contributed by atoms with van der Waals surface area (Å²) in [7, 11) is 0. The van der Waals surface area contributed by atoms with Crippen LogP contribution in [0.15, 0.2) is 97.6 Å². The van der Waals surface area contributed by atoms with E-state index in [-0.39, 0.29) is 22.7 Å². The third-order valence-corrected chi connectivity index (χ3v) is 7.23. The van der Waals surface area contributed by atoms with Crippen LogP contribution in [0.2, 0.25) is 0 Å².